The third kappa shape index (κ3) is 7.18. The molecule has 1 aromatic rings. The molecule has 1 aromatic carbocycles. The number of hydrogen-bond donors (Lipinski definition) is 1. The van der Waals surface area contributed by atoms with E-state index in [-0.39, 0.29) is 12.6 Å². The number of alkyl halides is 3. The van der Waals surface area contributed by atoms with Crippen LogP contribution in [0.2, 0.25) is 0 Å². The van der Waals surface area contributed by atoms with E-state index in [0.29, 0.717) is 13.0 Å². The van der Waals surface area contributed by atoms with Gasteiger partial charge in [0, 0.05) is 12.6 Å². The fourth-order valence-corrected chi connectivity index (χ4v) is 1.74. The molecular formula is C14H20F3NO. The van der Waals surface area contributed by atoms with Crippen molar-refractivity contribution in [2.45, 2.75) is 32.5 Å². The van der Waals surface area contributed by atoms with E-state index in [0.717, 1.165) is 0 Å². The summed E-state index contributed by atoms with van der Waals surface area (Å²) in [4.78, 5) is 0. The molecule has 19 heavy (non-hydrogen) atoms. The van der Waals surface area contributed by atoms with Gasteiger partial charge >= 0.3 is 6.18 Å². The van der Waals surface area contributed by atoms with Crippen molar-refractivity contribution in [1.82, 2.24) is 5.32 Å². The third-order valence-corrected chi connectivity index (χ3v) is 2.72. The maximum absolute atomic E-state index is 11.8. The Labute approximate surface area is 112 Å². The summed E-state index contributed by atoms with van der Waals surface area (Å²) in [6, 6.07) is 8.33. The van der Waals surface area contributed by atoms with Crippen molar-refractivity contribution in [1.29, 1.82) is 0 Å². The van der Waals surface area contributed by atoms with Crippen LogP contribution in [0.3, 0.4) is 0 Å². The SMILES string of the molecule is Cc1cccc([C@H](C)NCCCOCC(F)(F)F)c1. The van der Waals surface area contributed by atoms with Crippen molar-refractivity contribution in [2.24, 2.45) is 0 Å². The molecule has 0 aromatic heterocycles. The number of aryl methyl sites for hydroxylation is 1. The summed E-state index contributed by atoms with van der Waals surface area (Å²) >= 11 is 0. The lowest BCUT2D eigenvalue weighted by Crippen LogP contribution is -2.22. The Morgan fingerprint density at radius 1 is 1.32 bits per heavy atom. The molecule has 0 heterocycles. The quantitative estimate of drug-likeness (QED) is 0.767. The summed E-state index contributed by atoms with van der Waals surface area (Å²) in [6.07, 6.45) is -3.67. The van der Waals surface area contributed by atoms with Gasteiger partial charge in [0.05, 0.1) is 0 Å². The van der Waals surface area contributed by atoms with E-state index >= 15 is 0 Å². The minimum atomic E-state index is -4.23. The number of hydrogen-bond acceptors (Lipinski definition) is 2. The monoisotopic (exact) mass is 275 g/mol. The van der Waals surface area contributed by atoms with Gasteiger partial charge in [0.25, 0.3) is 0 Å². The smallest absolute Gasteiger partial charge is 0.372 e. The van der Waals surface area contributed by atoms with E-state index < -0.39 is 12.8 Å². The molecule has 0 amide bonds. The lowest BCUT2D eigenvalue weighted by atomic mass is 10.1. The van der Waals surface area contributed by atoms with Crippen molar-refractivity contribution in [3.63, 3.8) is 0 Å². The molecule has 1 N–H and O–H groups in total. The molecule has 108 valence electrons. The van der Waals surface area contributed by atoms with Crippen LogP contribution in [0.25, 0.3) is 0 Å². The van der Waals surface area contributed by atoms with E-state index in [1.807, 2.05) is 32.0 Å². The number of ether oxygens (including phenoxy) is 1. The molecule has 0 unspecified atom stereocenters. The Morgan fingerprint density at radius 3 is 2.68 bits per heavy atom. The zero-order chi connectivity index (χ0) is 14.3. The Morgan fingerprint density at radius 2 is 2.05 bits per heavy atom. The normalized spacial score (nSPS) is 13.5. The molecule has 0 saturated heterocycles. The second-order valence-corrected chi connectivity index (χ2v) is 4.61. The van der Waals surface area contributed by atoms with Gasteiger partial charge < -0.3 is 10.1 Å². The lowest BCUT2D eigenvalue weighted by molar-refractivity contribution is -0.173. The van der Waals surface area contributed by atoms with E-state index in [9.17, 15) is 13.2 Å². The van der Waals surface area contributed by atoms with E-state index in [4.69, 9.17) is 0 Å². The van der Waals surface area contributed by atoms with Gasteiger partial charge in [-0.05, 0) is 32.4 Å². The van der Waals surface area contributed by atoms with Gasteiger partial charge in [-0.3, -0.25) is 0 Å². The van der Waals surface area contributed by atoms with Crippen LogP contribution in [0.4, 0.5) is 13.2 Å². The molecule has 0 fully saturated rings. The first-order valence-corrected chi connectivity index (χ1v) is 6.33. The number of rotatable bonds is 7. The molecule has 2 nitrogen and oxygen atoms in total. The van der Waals surface area contributed by atoms with Crippen molar-refractivity contribution >= 4 is 0 Å². The fraction of sp³-hybridized carbons (Fsp3) is 0.571. The molecule has 0 radical (unpaired) electrons. The lowest BCUT2D eigenvalue weighted by Gasteiger charge is -2.15. The van der Waals surface area contributed by atoms with Crippen LogP contribution in [0.5, 0.6) is 0 Å². The van der Waals surface area contributed by atoms with Gasteiger partial charge in [0.2, 0.25) is 0 Å². The molecule has 0 bridgehead atoms. The standard InChI is InChI=1S/C14H20F3NO/c1-11-5-3-6-13(9-11)12(2)18-7-4-8-19-10-14(15,16)17/h3,5-6,9,12,18H,4,7-8,10H2,1-2H3/t12-/m0/s1. The molecule has 0 spiro atoms. The van der Waals surface area contributed by atoms with Crippen LogP contribution >= 0.6 is 0 Å². The zero-order valence-corrected chi connectivity index (χ0v) is 11.3. The van der Waals surface area contributed by atoms with E-state index in [1.54, 1.807) is 0 Å². The molecule has 1 atom stereocenters. The summed E-state index contributed by atoms with van der Waals surface area (Å²) in [5.74, 6) is 0. The van der Waals surface area contributed by atoms with Crippen molar-refractivity contribution in [2.75, 3.05) is 19.8 Å². The van der Waals surface area contributed by atoms with Gasteiger partial charge in [-0.1, -0.05) is 29.8 Å². The largest absolute Gasteiger partial charge is 0.411 e. The van der Waals surface area contributed by atoms with Crippen LogP contribution < -0.4 is 5.32 Å². The Hall–Kier alpha value is -1.07. The van der Waals surface area contributed by atoms with Gasteiger partial charge in [0.15, 0.2) is 0 Å². The van der Waals surface area contributed by atoms with Crippen molar-refractivity contribution in [3.05, 3.63) is 35.4 Å². The number of benzene rings is 1. The molecular weight excluding hydrogens is 255 g/mol. The minimum absolute atomic E-state index is 0.118. The van der Waals surface area contributed by atoms with Crippen molar-refractivity contribution in [3.8, 4) is 0 Å². The molecule has 0 aliphatic heterocycles. The summed E-state index contributed by atoms with van der Waals surface area (Å²) in [7, 11) is 0. The maximum Gasteiger partial charge on any atom is 0.411 e. The Bertz CT molecular complexity index is 379. The third-order valence-electron chi connectivity index (χ3n) is 2.72. The van der Waals surface area contributed by atoms with Crippen LogP contribution in [0.15, 0.2) is 24.3 Å². The molecule has 0 aliphatic rings. The maximum atomic E-state index is 11.8. The van der Waals surface area contributed by atoms with Gasteiger partial charge in [-0.25, -0.2) is 0 Å². The second-order valence-electron chi connectivity index (χ2n) is 4.61. The first-order chi connectivity index (χ1) is 8.88. The van der Waals surface area contributed by atoms with Crippen LogP contribution in [-0.2, 0) is 4.74 Å². The van der Waals surface area contributed by atoms with Gasteiger partial charge in [-0.15, -0.1) is 0 Å². The van der Waals surface area contributed by atoms with E-state index in [1.165, 1.54) is 11.1 Å². The second kappa shape index (κ2) is 7.50. The topological polar surface area (TPSA) is 21.3 Å². The average Bonchev–Trinajstić information content (AvgIpc) is 2.32. The first-order valence-electron chi connectivity index (χ1n) is 6.33. The highest BCUT2D eigenvalue weighted by atomic mass is 19.4. The average molecular weight is 275 g/mol. The first kappa shape index (κ1) is 16.0. The summed E-state index contributed by atoms with van der Waals surface area (Å²) in [5.41, 5.74) is 2.37. The van der Waals surface area contributed by atoms with Gasteiger partial charge in [0.1, 0.15) is 6.61 Å². The van der Waals surface area contributed by atoms with Crippen molar-refractivity contribution < 1.29 is 17.9 Å². The Balaban J connectivity index is 2.16. The number of halogens is 3. The summed E-state index contributed by atoms with van der Waals surface area (Å²) in [5, 5.41) is 3.26. The number of nitrogens with one attached hydrogen (secondary N) is 1. The predicted octanol–water partition coefficient (Wildman–Crippen LogP) is 3.61. The molecule has 5 heteroatoms. The van der Waals surface area contributed by atoms with E-state index in [2.05, 4.69) is 16.1 Å². The van der Waals surface area contributed by atoms with Crippen LogP contribution in [0, 0.1) is 6.92 Å². The van der Waals surface area contributed by atoms with Crippen LogP contribution in [0.1, 0.15) is 30.5 Å². The molecule has 0 saturated carbocycles. The fourth-order valence-electron chi connectivity index (χ4n) is 1.74. The Kier molecular flexibility index (Phi) is 6.31. The molecule has 1 rings (SSSR count). The zero-order valence-electron chi connectivity index (χ0n) is 11.3. The highest BCUT2D eigenvalue weighted by molar-refractivity contribution is 5.24. The summed E-state index contributed by atoms with van der Waals surface area (Å²) in [6.45, 7) is 3.65. The van der Waals surface area contributed by atoms with Crippen LogP contribution in [-0.4, -0.2) is 25.9 Å². The van der Waals surface area contributed by atoms with Gasteiger partial charge in [-0.2, -0.15) is 13.2 Å². The molecule has 0 aliphatic carbocycles. The predicted molar refractivity (Wildman–Crippen MR) is 69.1 cm³/mol. The summed E-state index contributed by atoms with van der Waals surface area (Å²) < 4.78 is 40.0. The highest BCUT2D eigenvalue weighted by Crippen LogP contribution is 2.15. The highest BCUT2D eigenvalue weighted by Gasteiger charge is 2.27. The minimum Gasteiger partial charge on any atom is -0.372 e.